The third-order valence-electron chi connectivity index (χ3n) is 4.95. The van der Waals surface area contributed by atoms with Gasteiger partial charge in [-0.05, 0) is 37.1 Å². The number of hydrogen-bond donors (Lipinski definition) is 1. The van der Waals surface area contributed by atoms with E-state index in [4.69, 9.17) is 15.2 Å². The van der Waals surface area contributed by atoms with Crippen molar-refractivity contribution in [2.24, 2.45) is 5.73 Å². The van der Waals surface area contributed by atoms with E-state index < -0.39 is 0 Å². The number of fused-ring (bicyclic) bond motifs is 1. The second-order valence-electron chi connectivity index (χ2n) is 7.32. The number of carbonyl (C=O) groups excluding carboxylic acids is 1. The molecule has 2 N–H and O–H groups in total. The summed E-state index contributed by atoms with van der Waals surface area (Å²) >= 11 is 1.40. The van der Waals surface area contributed by atoms with Crippen LogP contribution in [0.15, 0.2) is 69.1 Å². The van der Waals surface area contributed by atoms with Crippen LogP contribution in [0.5, 0.6) is 0 Å². The normalized spacial score (nSPS) is 11.1. The van der Waals surface area contributed by atoms with Crippen LogP contribution in [0.2, 0.25) is 0 Å². The second-order valence-corrected chi connectivity index (χ2v) is 8.26. The fourth-order valence-corrected chi connectivity index (χ4v) is 4.21. The minimum atomic E-state index is -0.305. The summed E-state index contributed by atoms with van der Waals surface area (Å²) in [5.74, 6) is 1.10. The lowest BCUT2D eigenvalue weighted by Gasteiger charge is -2.12. The van der Waals surface area contributed by atoms with Gasteiger partial charge in [0.25, 0.3) is 11.4 Å². The Kier molecular flexibility index (Phi) is 6.96. The second kappa shape index (κ2) is 10.2. The minimum absolute atomic E-state index is 0.0777. The summed E-state index contributed by atoms with van der Waals surface area (Å²) < 4.78 is 7.06. The Bertz CT molecular complexity index is 1270. The number of para-hydroxylation sites is 1. The Morgan fingerprint density at radius 1 is 1.00 bits per heavy atom. The van der Waals surface area contributed by atoms with Gasteiger partial charge in [0.1, 0.15) is 0 Å². The van der Waals surface area contributed by atoms with Crippen LogP contribution in [0.4, 0.5) is 0 Å². The number of unbranched alkanes of at least 4 members (excludes halogenated alkanes) is 2. The summed E-state index contributed by atoms with van der Waals surface area (Å²) in [5.41, 5.74) is 6.64. The van der Waals surface area contributed by atoms with Crippen LogP contribution >= 0.6 is 11.8 Å². The van der Waals surface area contributed by atoms with Crippen LogP contribution in [0.1, 0.15) is 31.5 Å². The smallest absolute Gasteiger partial charge is 0.262 e. The minimum Gasteiger partial charge on any atom is -0.370 e. The summed E-state index contributed by atoms with van der Waals surface area (Å²) in [6.07, 6.45) is 2.62. The molecule has 2 aromatic heterocycles. The van der Waals surface area contributed by atoms with E-state index in [1.54, 1.807) is 10.6 Å². The lowest BCUT2D eigenvalue weighted by molar-refractivity contribution is -0.118. The highest BCUT2D eigenvalue weighted by molar-refractivity contribution is 7.98. The van der Waals surface area contributed by atoms with Gasteiger partial charge in [-0.3, -0.25) is 14.2 Å². The molecule has 0 fully saturated rings. The van der Waals surface area contributed by atoms with Crippen molar-refractivity contribution >= 4 is 28.6 Å². The Hall–Kier alpha value is -3.46. The molecular formula is C23H23N5O3S. The molecule has 9 heteroatoms. The summed E-state index contributed by atoms with van der Waals surface area (Å²) in [6, 6.07) is 16.9. The van der Waals surface area contributed by atoms with Crippen molar-refractivity contribution in [2.75, 3.05) is 0 Å². The highest BCUT2D eigenvalue weighted by Gasteiger charge is 2.14. The van der Waals surface area contributed by atoms with Crippen molar-refractivity contribution in [1.82, 2.24) is 19.7 Å². The quantitative estimate of drug-likeness (QED) is 0.222. The van der Waals surface area contributed by atoms with Crippen LogP contribution in [0, 0.1) is 0 Å². The van der Waals surface area contributed by atoms with Crippen LogP contribution in [0.25, 0.3) is 22.4 Å². The van der Waals surface area contributed by atoms with E-state index in [-0.39, 0.29) is 11.5 Å². The lowest BCUT2D eigenvalue weighted by Crippen LogP contribution is -2.23. The largest absolute Gasteiger partial charge is 0.370 e. The topological polar surface area (TPSA) is 117 Å². The number of nitrogens with two attached hydrogens (primary N) is 1. The monoisotopic (exact) mass is 449 g/mol. The van der Waals surface area contributed by atoms with Gasteiger partial charge in [0, 0.05) is 18.5 Å². The molecule has 0 unspecified atom stereocenters. The highest BCUT2D eigenvalue weighted by atomic mass is 32.2. The zero-order chi connectivity index (χ0) is 22.3. The van der Waals surface area contributed by atoms with Gasteiger partial charge >= 0.3 is 0 Å². The molecule has 0 atom stereocenters. The van der Waals surface area contributed by atoms with E-state index in [1.165, 1.54) is 11.8 Å². The molecule has 8 nitrogen and oxygen atoms in total. The number of aromatic nitrogens is 4. The van der Waals surface area contributed by atoms with Gasteiger partial charge < -0.3 is 10.3 Å². The first kappa shape index (κ1) is 21.8. The Labute approximate surface area is 188 Å². The Balaban J connectivity index is 1.52. The molecule has 32 heavy (non-hydrogen) atoms. The molecular weight excluding hydrogens is 426 g/mol. The zero-order valence-corrected chi connectivity index (χ0v) is 18.3. The standard InChI is InChI=1S/C23H23N5O3S/c24-19(29)13-5-2-8-14-28-22(30)17-11-6-7-12-18(17)25-23(28)32-15-20-26-21(31-27-20)16-9-3-1-4-10-16/h1,3-4,6-7,9-12H,2,5,8,13-15H2,(H2,24,29). The first-order valence-electron chi connectivity index (χ1n) is 10.4. The molecule has 164 valence electrons. The summed E-state index contributed by atoms with van der Waals surface area (Å²) in [4.78, 5) is 33.2. The van der Waals surface area contributed by atoms with Gasteiger partial charge in [0.05, 0.1) is 16.7 Å². The van der Waals surface area contributed by atoms with Crippen molar-refractivity contribution < 1.29 is 9.32 Å². The van der Waals surface area contributed by atoms with Crippen molar-refractivity contribution in [3.05, 3.63) is 70.8 Å². The van der Waals surface area contributed by atoms with Gasteiger partial charge in [-0.1, -0.05) is 53.7 Å². The number of hydrogen-bond acceptors (Lipinski definition) is 7. The van der Waals surface area contributed by atoms with Crippen LogP contribution in [-0.4, -0.2) is 25.6 Å². The molecule has 0 radical (unpaired) electrons. The molecule has 2 aromatic carbocycles. The molecule has 0 bridgehead atoms. The number of benzene rings is 2. The molecule has 0 aliphatic heterocycles. The van der Waals surface area contributed by atoms with Gasteiger partial charge in [-0.15, -0.1) is 0 Å². The number of amides is 1. The van der Waals surface area contributed by atoms with Gasteiger partial charge in [0.2, 0.25) is 5.91 Å². The highest BCUT2D eigenvalue weighted by Crippen LogP contribution is 2.23. The fourth-order valence-electron chi connectivity index (χ4n) is 3.34. The molecule has 0 spiro atoms. The van der Waals surface area contributed by atoms with E-state index in [0.29, 0.717) is 52.9 Å². The molecule has 1 amide bonds. The predicted molar refractivity (Wildman–Crippen MR) is 123 cm³/mol. The van der Waals surface area contributed by atoms with E-state index >= 15 is 0 Å². The maximum Gasteiger partial charge on any atom is 0.262 e. The average Bonchev–Trinajstić information content (AvgIpc) is 3.28. The molecule has 0 aliphatic rings. The zero-order valence-electron chi connectivity index (χ0n) is 17.4. The van der Waals surface area contributed by atoms with Crippen molar-refractivity contribution in [2.45, 2.75) is 43.1 Å². The number of primary amides is 1. The molecule has 0 saturated heterocycles. The first-order chi connectivity index (χ1) is 15.6. The van der Waals surface area contributed by atoms with Crippen LogP contribution in [-0.2, 0) is 17.1 Å². The number of carbonyl (C=O) groups is 1. The van der Waals surface area contributed by atoms with Gasteiger partial charge in [-0.2, -0.15) is 4.98 Å². The fraction of sp³-hybridized carbons (Fsp3) is 0.261. The SMILES string of the molecule is NC(=O)CCCCCn1c(SCc2noc(-c3ccccc3)n2)nc2ccccc2c1=O. The van der Waals surface area contributed by atoms with E-state index in [9.17, 15) is 9.59 Å². The molecule has 0 saturated carbocycles. The molecule has 2 heterocycles. The van der Waals surface area contributed by atoms with Gasteiger partial charge in [-0.25, -0.2) is 4.98 Å². The Morgan fingerprint density at radius 3 is 2.59 bits per heavy atom. The van der Waals surface area contributed by atoms with Crippen LogP contribution in [0.3, 0.4) is 0 Å². The summed E-state index contributed by atoms with van der Waals surface area (Å²) in [7, 11) is 0. The third-order valence-corrected chi connectivity index (χ3v) is 5.92. The summed E-state index contributed by atoms with van der Waals surface area (Å²) in [5, 5.41) is 5.25. The van der Waals surface area contributed by atoms with E-state index in [0.717, 1.165) is 18.4 Å². The molecule has 4 aromatic rings. The molecule has 4 rings (SSSR count). The number of nitrogens with zero attached hydrogens (tertiary/aromatic N) is 4. The third kappa shape index (κ3) is 5.23. The predicted octanol–water partition coefficient (Wildman–Crippen LogP) is 3.78. The van der Waals surface area contributed by atoms with Gasteiger partial charge in [0.15, 0.2) is 11.0 Å². The lowest BCUT2D eigenvalue weighted by atomic mass is 10.2. The Morgan fingerprint density at radius 2 is 1.78 bits per heavy atom. The average molecular weight is 450 g/mol. The first-order valence-corrected chi connectivity index (χ1v) is 11.4. The van der Waals surface area contributed by atoms with E-state index in [2.05, 4.69) is 10.1 Å². The molecule has 0 aliphatic carbocycles. The van der Waals surface area contributed by atoms with Crippen LogP contribution < -0.4 is 11.3 Å². The number of thioether (sulfide) groups is 1. The maximum absolute atomic E-state index is 13.1. The van der Waals surface area contributed by atoms with Crippen molar-refractivity contribution in [3.8, 4) is 11.5 Å². The summed E-state index contributed by atoms with van der Waals surface area (Å²) in [6.45, 7) is 0.513. The van der Waals surface area contributed by atoms with E-state index in [1.807, 2.05) is 48.5 Å². The number of rotatable bonds is 10. The maximum atomic E-state index is 13.1. The van der Waals surface area contributed by atoms with Crippen molar-refractivity contribution in [3.63, 3.8) is 0 Å². The van der Waals surface area contributed by atoms with Crippen molar-refractivity contribution in [1.29, 1.82) is 0 Å².